The highest BCUT2D eigenvalue weighted by atomic mass is 16.3. The van der Waals surface area contributed by atoms with Gasteiger partial charge in [-0.25, -0.2) is 0 Å². The summed E-state index contributed by atoms with van der Waals surface area (Å²) in [6.07, 6.45) is 10.8. The number of carbonyl (C=O) groups excluding carboxylic acids is 1. The van der Waals surface area contributed by atoms with Crippen LogP contribution in [0.25, 0.3) is 0 Å². The minimum absolute atomic E-state index is 0.123. The molecule has 0 atom stereocenters. The molecule has 21 heavy (non-hydrogen) atoms. The summed E-state index contributed by atoms with van der Waals surface area (Å²) in [5.74, 6) is 0.123. The highest BCUT2D eigenvalue weighted by molar-refractivity contribution is 5.77. The number of aromatic nitrogens is 2. The van der Waals surface area contributed by atoms with Crippen molar-refractivity contribution in [1.82, 2.24) is 14.7 Å². The minimum atomic E-state index is -0.742. The van der Waals surface area contributed by atoms with Crippen LogP contribution in [0.4, 0.5) is 0 Å². The second-order valence-electron chi connectivity index (χ2n) is 6.56. The average Bonchev–Trinajstić information content (AvgIpc) is 3.02. The first-order valence-corrected chi connectivity index (χ1v) is 8.16. The first kappa shape index (κ1) is 14.6. The van der Waals surface area contributed by atoms with E-state index in [1.165, 1.54) is 6.42 Å². The maximum atomic E-state index is 12.4. The van der Waals surface area contributed by atoms with Crippen molar-refractivity contribution in [2.45, 2.75) is 63.0 Å². The van der Waals surface area contributed by atoms with Crippen LogP contribution < -0.4 is 0 Å². The normalized spacial score (nSPS) is 23.2. The Balaban J connectivity index is 1.50. The second kappa shape index (κ2) is 6.18. The molecule has 0 unspecified atom stereocenters. The third-order valence-electron chi connectivity index (χ3n) is 4.98. The van der Waals surface area contributed by atoms with Crippen molar-refractivity contribution in [3.63, 3.8) is 0 Å². The molecule has 1 aliphatic heterocycles. The minimum Gasteiger partial charge on any atom is -0.389 e. The van der Waals surface area contributed by atoms with Crippen LogP contribution in [0.2, 0.25) is 0 Å². The number of aliphatic hydroxyl groups is 1. The van der Waals surface area contributed by atoms with Gasteiger partial charge in [-0.3, -0.25) is 9.48 Å². The van der Waals surface area contributed by atoms with Crippen molar-refractivity contribution in [2.24, 2.45) is 0 Å². The number of nitrogens with zero attached hydrogens (tertiary/aromatic N) is 3. The smallest absolute Gasteiger partial charge is 0.225 e. The van der Waals surface area contributed by atoms with E-state index in [4.69, 9.17) is 0 Å². The van der Waals surface area contributed by atoms with Gasteiger partial charge in [0, 0.05) is 25.5 Å². The Morgan fingerprint density at radius 2 is 1.95 bits per heavy atom. The van der Waals surface area contributed by atoms with Gasteiger partial charge in [-0.15, -0.1) is 0 Å². The van der Waals surface area contributed by atoms with Gasteiger partial charge in [0.05, 0.1) is 18.1 Å². The number of amides is 1. The number of hydrogen-bond acceptors (Lipinski definition) is 3. The van der Waals surface area contributed by atoms with E-state index in [2.05, 4.69) is 5.10 Å². The van der Waals surface area contributed by atoms with E-state index in [1.807, 2.05) is 21.8 Å². The zero-order valence-corrected chi connectivity index (χ0v) is 12.6. The third kappa shape index (κ3) is 3.46. The van der Waals surface area contributed by atoms with Crippen LogP contribution in [0.3, 0.4) is 0 Å². The molecule has 1 N–H and O–H groups in total. The number of rotatable bonds is 3. The van der Waals surface area contributed by atoms with Crippen LogP contribution in [0.1, 0.15) is 57.4 Å². The van der Waals surface area contributed by atoms with E-state index in [1.54, 1.807) is 6.20 Å². The van der Waals surface area contributed by atoms with Crippen LogP contribution in [0.5, 0.6) is 0 Å². The van der Waals surface area contributed by atoms with Crippen molar-refractivity contribution in [1.29, 1.82) is 0 Å². The number of carbonyl (C=O) groups is 1. The second-order valence-corrected chi connectivity index (χ2v) is 6.56. The van der Waals surface area contributed by atoms with Crippen LogP contribution >= 0.6 is 0 Å². The van der Waals surface area contributed by atoms with Gasteiger partial charge in [0.1, 0.15) is 0 Å². The predicted molar refractivity (Wildman–Crippen MR) is 79.7 cm³/mol. The fourth-order valence-electron chi connectivity index (χ4n) is 3.66. The summed E-state index contributed by atoms with van der Waals surface area (Å²) in [5.41, 5.74) is -0.742. The summed E-state index contributed by atoms with van der Waals surface area (Å²) in [6, 6.07) is 2.35. The molecular weight excluding hydrogens is 266 g/mol. The van der Waals surface area contributed by atoms with E-state index in [0.29, 0.717) is 12.5 Å². The lowest BCUT2D eigenvalue weighted by Gasteiger charge is -2.36. The lowest BCUT2D eigenvalue weighted by atomic mass is 9.82. The van der Waals surface area contributed by atoms with Crippen LogP contribution in [0.15, 0.2) is 18.5 Å². The van der Waals surface area contributed by atoms with Crippen molar-refractivity contribution in [3.05, 3.63) is 18.5 Å². The molecule has 0 radical (unpaired) electrons. The predicted octanol–water partition coefficient (Wildman–Crippen LogP) is 2.13. The van der Waals surface area contributed by atoms with E-state index in [0.717, 1.165) is 51.6 Å². The van der Waals surface area contributed by atoms with E-state index in [-0.39, 0.29) is 5.91 Å². The van der Waals surface area contributed by atoms with E-state index < -0.39 is 5.60 Å². The highest BCUT2D eigenvalue weighted by Crippen LogP contribution is 2.32. The summed E-state index contributed by atoms with van der Waals surface area (Å²) in [7, 11) is 0. The maximum absolute atomic E-state index is 12.4. The Morgan fingerprint density at radius 1 is 1.24 bits per heavy atom. The topological polar surface area (TPSA) is 58.4 Å². The first-order chi connectivity index (χ1) is 10.2. The van der Waals surface area contributed by atoms with Gasteiger partial charge in [-0.2, -0.15) is 5.10 Å². The van der Waals surface area contributed by atoms with E-state index >= 15 is 0 Å². The molecule has 116 valence electrons. The van der Waals surface area contributed by atoms with Gasteiger partial charge < -0.3 is 10.0 Å². The molecule has 1 aliphatic carbocycles. The van der Waals surface area contributed by atoms with Gasteiger partial charge in [-0.05, 0) is 31.7 Å². The fraction of sp³-hybridized carbons (Fsp3) is 0.750. The van der Waals surface area contributed by atoms with Gasteiger partial charge in [0.25, 0.3) is 0 Å². The Bertz CT molecular complexity index is 458. The summed E-state index contributed by atoms with van der Waals surface area (Å²) < 4.78 is 2.00. The van der Waals surface area contributed by atoms with Crippen molar-refractivity contribution >= 4 is 5.91 Å². The molecule has 5 nitrogen and oxygen atoms in total. The number of hydrogen-bond donors (Lipinski definition) is 1. The summed E-state index contributed by atoms with van der Waals surface area (Å²) in [6.45, 7) is 1.55. The Labute approximate surface area is 125 Å². The van der Waals surface area contributed by atoms with Gasteiger partial charge in [0.2, 0.25) is 5.91 Å². The lowest BCUT2D eigenvalue weighted by Crippen LogP contribution is -2.44. The lowest BCUT2D eigenvalue weighted by molar-refractivity contribution is -0.139. The molecule has 2 heterocycles. The van der Waals surface area contributed by atoms with E-state index in [9.17, 15) is 9.90 Å². The third-order valence-corrected chi connectivity index (χ3v) is 4.98. The van der Waals surface area contributed by atoms with Crippen molar-refractivity contribution < 1.29 is 9.90 Å². The summed E-state index contributed by atoms with van der Waals surface area (Å²) in [5, 5.41) is 14.8. The van der Waals surface area contributed by atoms with Crippen LogP contribution in [-0.2, 0) is 4.79 Å². The summed E-state index contributed by atoms with van der Waals surface area (Å²) >= 11 is 0. The number of piperidine rings is 1. The number of likely N-dealkylation sites (tertiary alicyclic amines) is 1. The molecule has 2 fully saturated rings. The highest BCUT2D eigenvalue weighted by Gasteiger charge is 2.34. The molecule has 1 saturated carbocycles. The van der Waals surface area contributed by atoms with Gasteiger partial charge in [0.15, 0.2) is 0 Å². The molecule has 0 aromatic carbocycles. The first-order valence-electron chi connectivity index (χ1n) is 8.16. The molecule has 1 aromatic heterocycles. The molecule has 3 rings (SSSR count). The Morgan fingerprint density at radius 3 is 2.57 bits per heavy atom. The molecule has 1 saturated heterocycles. The zero-order chi connectivity index (χ0) is 14.7. The Hall–Kier alpha value is -1.36. The molecule has 0 bridgehead atoms. The maximum Gasteiger partial charge on any atom is 0.225 e. The summed E-state index contributed by atoms with van der Waals surface area (Å²) in [4.78, 5) is 14.3. The molecule has 2 aliphatic rings. The molecule has 5 heteroatoms. The van der Waals surface area contributed by atoms with Gasteiger partial charge in [-0.1, -0.05) is 19.3 Å². The largest absolute Gasteiger partial charge is 0.389 e. The average molecular weight is 291 g/mol. The van der Waals surface area contributed by atoms with Crippen LogP contribution in [0, 0.1) is 0 Å². The molecular formula is C16H25N3O2. The van der Waals surface area contributed by atoms with Crippen LogP contribution in [-0.4, -0.2) is 44.4 Å². The van der Waals surface area contributed by atoms with Crippen molar-refractivity contribution in [3.8, 4) is 0 Å². The fourth-order valence-corrected chi connectivity index (χ4v) is 3.66. The monoisotopic (exact) mass is 291 g/mol. The molecule has 0 spiro atoms. The molecule has 1 amide bonds. The molecule has 1 aromatic rings. The quantitative estimate of drug-likeness (QED) is 0.928. The SMILES string of the molecule is O=C(CC1(O)CCCCC1)N1CCC(n2cccn2)CC1. The Kier molecular flexibility index (Phi) is 4.29. The van der Waals surface area contributed by atoms with Crippen molar-refractivity contribution in [2.75, 3.05) is 13.1 Å². The zero-order valence-electron chi connectivity index (χ0n) is 12.6. The standard InChI is InChI=1S/C16H25N3O2/c20-15(13-16(21)7-2-1-3-8-16)18-11-5-14(6-12-18)19-10-4-9-17-19/h4,9-10,14,21H,1-3,5-8,11-13H2. The van der Waals surface area contributed by atoms with Gasteiger partial charge >= 0.3 is 0 Å².